The molecule has 1 aromatic carbocycles. The second-order valence-electron chi connectivity index (χ2n) is 4.13. The predicted octanol–water partition coefficient (Wildman–Crippen LogP) is 2.95. The van der Waals surface area contributed by atoms with Crippen LogP contribution in [0.2, 0.25) is 0 Å². The van der Waals surface area contributed by atoms with Crippen LogP contribution in [0.15, 0.2) is 53.7 Å². The molecule has 0 aliphatic heterocycles. The summed E-state index contributed by atoms with van der Waals surface area (Å²) in [6.07, 6.45) is -1.88. The highest BCUT2D eigenvalue weighted by atomic mass is 32.2. The molecule has 4 nitrogen and oxygen atoms in total. The quantitative estimate of drug-likeness (QED) is 0.870. The Kier molecular flexibility index (Phi) is 4.17. The van der Waals surface area contributed by atoms with Crippen LogP contribution < -0.4 is 4.74 Å². The van der Waals surface area contributed by atoms with Crippen LogP contribution in [0.3, 0.4) is 0 Å². The van der Waals surface area contributed by atoms with Gasteiger partial charge in [0, 0.05) is 12.4 Å². The number of alkyl halides is 3. The first-order valence-corrected chi connectivity index (χ1v) is 7.39. The molecule has 2 aromatic rings. The SMILES string of the molecule is O=S(=O)(Cc1ccncc1)c1ccc(OC(F)(F)F)cc1. The third-order valence-electron chi connectivity index (χ3n) is 2.52. The Bertz CT molecular complexity index is 698. The number of nitrogens with zero attached hydrogens (tertiary/aromatic N) is 1. The minimum absolute atomic E-state index is 0.0752. The van der Waals surface area contributed by atoms with E-state index in [-0.39, 0.29) is 10.6 Å². The first kappa shape index (κ1) is 15.3. The monoisotopic (exact) mass is 317 g/mol. The van der Waals surface area contributed by atoms with Crippen molar-refractivity contribution in [3.8, 4) is 5.75 Å². The molecule has 21 heavy (non-hydrogen) atoms. The Morgan fingerprint density at radius 1 is 1.00 bits per heavy atom. The number of aromatic nitrogens is 1. The van der Waals surface area contributed by atoms with E-state index in [0.717, 1.165) is 24.3 Å². The maximum Gasteiger partial charge on any atom is 0.573 e. The molecule has 0 bridgehead atoms. The molecule has 0 unspecified atom stereocenters. The van der Waals surface area contributed by atoms with E-state index in [0.29, 0.717) is 5.56 Å². The molecule has 1 heterocycles. The molecule has 0 saturated heterocycles. The van der Waals surface area contributed by atoms with Crippen LogP contribution >= 0.6 is 0 Å². The van der Waals surface area contributed by atoms with Crippen molar-refractivity contribution in [1.82, 2.24) is 4.98 Å². The van der Waals surface area contributed by atoms with E-state index in [4.69, 9.17) is 0 Å². The van der Waals surface area contributed by atoms with Gasteiger partial charge < -0.3 is 4.74 Å². The molecular weight excluding hydrogens is 307 g/mol. The van der Waals surface area contributed by atoms with Crippen LogP contribution in [0.25, 0.3) is 0 Å². The number of pyridine rings is 1. The Morgan fingerprint density at radius 3 is 2.10 bits per heavy atom. The summed E-state index contributed by atoms with van der Waals surface area (Å²) >= 11 is 0. The largest absolute Gasteiger partial charge is 0.573 e. The number of sulfone groups is 1. The summed E-state index contributed by atoms with van der Waals surface area (Å²) in [5.41, 5.74) is 0.542. The van der Waals surface area contributed by atoms with Crippen molar-refractivity contribution < 1.29 is 26.3 Å². The third kappa shape index (κ3) is 4.45. The Balaban J connectivity index is 2.18. The standard InChI is InChI=1S/C13H10F3NO3S/c14-13(15,16)20-11-1-3-12(4-2-11)21(18,19)9-10-5-7-17-8-6-10/h1-8H,9H2. The highest BCUT2D eigenvalue weighted by Gasteiger charge is 2.31. The Hall–Kier alpha value is -2.09. The lowest BCUT2D eigenvalue weighted by Crippen LogP contribution is -2.17. The fourth-order valence-corrected chi connectivity index (χ4v) is 2.98. The van der Waals surface area contributed by atoms with Gasteiger partial charge in [-0.05, 0) is 42.0 Å². The lowest BCUT2D eigenvalue weighted by molar-refractivity contribution is -0.274. The minimum Gasteiger partial charge on any atom is -0.406 e. The topological polar surface area (TPSA) is 56.3 Å². The van der Waals surface area contributed by atoms with Gasteiger partial charge in [-0.25, -0.2) is 8.42 Å². The molecule has 0 amide bonds. The molecule has 0 N–H and O–H groups in total. The molecule has 0 atom stereocenters. The van der Waals surface area contributed by atoms with E-state index < -0.39 is 21.9 Å². The fraction of sp³-hybridized carbons (Fsp3) is 0.154. The molecule has 0 radical (unpaired) electrons. The summed E-state index contributed by atoms with van der Waals surface area (Å²) in [4.78, 5) is 3.70. The number of rotatable bonds is 4. The zero-order valence-corrected chi connectivity index (χ0v) is 11.4. The van der Waals surface area contributed by atoms with E-state index in [1.54, 1.807) is 12.1 Å². The van der Waals surface area contributed by atoms with Gasteiger partial charge in [-0.1, -0.05) is 0 Å². The van der Waals surface area contributed by atoms with Crippen molar-refractivity contribution >= 4 is 9.84 Å². The van der Waals surface area contributed by atoms with Crippen LogP contribution in [0.5, 0.6) is 5.75 Å². The fourth-order valence-electron chi connectivity index (χ4n) is 1.63. The average molecular weight is 317 g/mol. The van der Waals surface area contributed by atoms with Crippen molar-refractivity contribution in [2.75, 3.05) is 0 Å². The van der Waals surface area contributed by atoms with E-state index in [1.807, 2.05) is 0 Å². The molecule has 8 heteroatoms. The highest BCUT2D eigenvalue weighted by Crippen LogP contribution is 2.25. The minimum atomic E-state index is -4.81. The zero-order valence-electron chi connectivity index (χ0n) is 10.5. The van der Waals surface area contributed by atoms with E-state index >= 15 is 0 Å². The summed E-state index contributed by atoms with van der Waals surface area (Å²) in [6.45, 7) is 0. The predicted molar refractivity (Wildman–Crippen MR) is 68.3 cm³/mol. The maximum absolute atomic E-state index is 12.1. The van der Waals surface area contributed by atoms with Crippen LogP contribution in [0.1, 0.15) is 5.56 Å². The maximum atomic E-state index is 12.1. The number of hydrogen-bond acceptors (Lipinski definition) is 4. The molecule has 0 aliphatic carbocycles. The lowest BCUT2D eigenvalue weighted by Gasteiger charge is -2.09. The number of halogens is 3. The molecule has 0 aliphatic rings. The smallest absolute Gasteiger partial charge is 0.406 e. The summed E-state index contributed by atoms with van der Waals surface area (Å²) in [5, 5.41) is 0. The Morgan fingerprint density at radius 2 is 1.57 bits per heavy atom. The highest BCUT2D eigenvalue weighted by molar-refractivity contribution is 7.90. The molecule has 112 valence electrons. The van der Waals surface area contributed by atoms with E-state index in [2.05, 4.69) is 9.72 Å². The van der Waals surface area contributed by atoms with E-state index in [1.165, 1.54) is 12.4 Å². The number of ether oxygens (including phenoxy) is 1. The van der Waals surface area contributed by atoms with Crippen LogP contribution in [-0.4, -0.2) is 19.8 Å². The summed E-state index contributed by atoms with van der Waals surface area (Å²) in [6, 6.07) is 7.20. The second kappa shape index (κ2) is 5.72. The van der Waals surface area contributed by atoms with Gasteiger partial charge in [-0.2, -0.15) is 0 Å². The molecule has 0 saturated carbocycles. The van der Waals surface area contributed by atoms with Gasteiger partial charge in [0.05, 0.1) is 10.6 Å². The molecule has 2 rings (SSSR count). The van der Waals surface area contributed by atoms with Gasteiger partial charge in [-0.15, -0.1) is 13.2 Å². The van der Waals surface area contributed by atoms with Crippen LogP contribution in [0, 0.1) is 0 Å². The zero-order chi connectivity index (χ0) is 15.5. The van der Waals surface area contributed by atoms with Gasteiger partial charge in [0.1, 0.15) is 5.75 Å². The van der Waals surface area contributed by atoms with Crippen molar-refractivity contribution in [2.45, 2.75) is 17.0 Å². The number of benzene rings is 1. The summed E-state index contributed by atoms with van der Waals surface area (Å²) < 4.78 is 64.0. The van der Waals surface area contributed by atoms with Crippen molar-refractivity contribution in [1.29, 1.82) is 0 Å². The summed E-state index contributed by atoms with van der Waals surface area (Å²) in [5.74, 6) is -0.722. The average Bonchev–Trinajstić information content (AvgIpc) is 2.38. The normalized spacial score (nSPS) is 12.1. The lowest BCUT2D eigenvalue weighted by atomic mass is 10.3. The van der Waals surface area contributed by atoms with Gasteiger partial charge in [0.25, 0.3) is 0 Å². The third-order valence-corrected chi connectivity index (χ3v) is 4.23. The van der Waals surface area contributed by atoms with Crippen molar-refractivity contribution in [3.63, 3.8) is 0 Å². The van der Waals surface area contributed by atoms with Gasteiger partial charge in [-0.3, -0.25) is 4.98 Å². The molecule has 1 aromatic heterocycles. The van der Waals surface area contributed by atoms with Crippen molar-refractivity contribution in [3.05, 3.63) is 54.4 Å². The first-order valence-electron chi connectivity index (χ1n) is 5.74. The molecule has 0 spiro atoms. The van der Waals surface area contributed by atoms with Crippen molar-refractivity contribution in [2.24, 2.45) is 0 Å². The van der Waals surface area contributed by atoms with Crippen LogP contribution in [0.4, 0.5) is 13.2 Å². The summed E-state index contributed by atoms with van der Waals surface area (Å²) in [7, 11) is -3.64. The molecular formula is C13H10F3NO3S. The van der Waals surface area contributed by atoms with Gasteiger partial charge in [0.2, 0.25) is 0 Å². The van der Waals surface area contributed by atoms with Gasteiger partial charge in [0.15, 0.2) is 9.84 Å². The van der Waals surface area contributed by atoms with E-state index in [9.17, 15) is 21.6 Å². The molecule has 0 fully saturated rings. The van der Waals surface area contributed by atoms with Gasteiger partial charge >= 0.3 is 6.36 Å². The number of hydrogen-bond donors (Lipinski definition) is 0. The first-order chi connectivity index (χ1) is 9.76. The second-order valence-corrected chi connectivity index (χ2v) is 6.12. The Labute approximate surface area is 119 Å². The van der Waals surface area contributed by atoms with Crippen LogP contribution in [-0.2, 0) is 15.6 Å².